The van der Waals surface area contributed by atoms with Crippen LogP contribution in [0.15, 0.2) is 60.7 Å². The SMILES string of the molecule is COC(=O)/C(=C/Nc1ncccn1)NC(=O)c1ccccc1. The summed E-state index contributed by atoms with van der Waals surface area (Å²) >= 11 is 0. The van der Waals surface area contributed by atoms with Gasteiger partial charge in [0.2, 0.25) is 5.95 Å². The smallest absolute Gasteiger partial charge is 0.356 e. The molecule has 0 bridgehead atoms. The predicted octanol–water partition coefficient (Wildman–Crippen LogP) is 1.33. The molecule has 1 aromatic heterocycles. The number of methoxy groups -OCH3 is 1. The number of carbonyl (C=O) groups is 2. The molecule has 2 N–H and O–H groups in total. The Morgan fingerprint density at radius 2 is 1.77 bits per heavy atom. The number of anilines is 1. The molecule has 7 nitrogen and oxygen atoms in total. The number of aromatic nitrogens is 2. The predicted molar refractivity (Wildman–Crippen MR) is 79.7 cm³/mol. The zero-order chi connectivity index (χ0) is 15.8. The molecule has 0 unspecified atom stereocenters. The Hall–Kier alpha value is -3.22. The van der Waals surface area contributed by atoms with Crippen LogP contribution >= 0.6 is 0 Å². The number of hydrogen-bond donors (Lipinski definition) is 2. The van der Waals surface area contributed by atoms with Gasteiger partial charge in [-0.05, 0) is 18.2 Å². The normalized spacial score (nSPS) is 10.7. The van der Waals surface area contributed by atoms with E-state index < -0.39 is 11.9 Å². The van der Waals surface area contributed by atoms with Crippen molar-refractivity contribution >= 4 is 17.8 Å². The van der Waals surface area contributed by atoms with Crippen molar-refractivity contribution < 1.29 is 14.3 Å². The number of nitrogens with one attached hydrogen (secondary N) is 2. The van der Waals surface area contributed by atoms with E-state index in [1.807, 2.05) is 0 Å². The molecule has 0 fully saturated rings. The Morgan fingerprint density at radius 3 is 2.41 bits per heavy atom. The van der Waals surface area contributed by atoms with Crippen molar-refractivity contribution in [3.05, 3.63) is 66.3 Å². The lowest BCUT2D eigenvalue weighted by molar-refractivity contribution is -0.136. The van der Waals surface area contributed by atoms with E-state index in [0.717, 1.165) is 0 Å². The highest BCUT2D eigenvalue weighted by Gasteiger charge is 2.14. The summed E-state index contributed by atoms with van der Waals surface area (Å²) in [6.07, 6.45) is 4.37. The molecule has 22 heavy (non-hydrogen) atoms. The average Bonchev–Trinajstić information content (AvgIpc) is 2.59. The topological polar surface area (TPSA) is 93.2 Å². The van der Waals surface area contributed by atoms with Crippen molar-refractivity contribution in [2.45, 2.75) is 0 Å². The molecule has 0 aliphatic carbocycles. The van der Waals surface area contributed by atoms with Crippen LogP contribution in [0.5, 0.6) is 0 Å². The standard InChI is InChI=1S/C15H14N4O3/c1-22-14(21)12(10-18-15-16-8-5-9-17-15)19-13(20)11-6-3-2-4-7-11/h2-10H,1H3,(H,19,20)(H,16,17,18)/b12-10-. The van der Waals surface area contributed by atoms with Gasteiger partial charge >= 0.3 is 5.97 Å². The molecule has 2 rings (SSSR count). The zero-order valence-electron chi connectivity index (χ0n) is 11.8. The third-order valence-electron chi connectivity index (χ3n) is 2.60. The lowest BCUT2D eigenvalue weighted by Crippen LogP contribution is -2.28. The van der Waals surface area contributed by atoms with Crippen molar-refractivity contribution in [2.75, 3.05) is 12.4 Å². The van der Waals surface area contributed by atoms with E-state index in [4.69, 9.17) is 0 Å². The van der Waals surface area contributed by atoms with Crippen LogP contribution in [0.2, 0.25) is 0 Å². The van der Waals surface area contributed by atoms with Crippen LogP contribution in [0, 0.1) is 0 Å². The molecule has 7 heteroatoms. The van der Waals surface area contributed by atoms with E-state index in [2.05, 4.69) is 25.3 Å². The van der Waals surface area contributed by atoms with E-state index in [0.29, 0.717) is 5.56 Å². The Balaban J connectivity index is 2.13. The van der Waals surface area contributed by atoms with Crippen LogP contribution in [0.1, 0.15) is 10.4 Å². The second-order valence-corrected chi connectivity index (χ2v) is 4.09. The highest BCUT2D eigenvalue weighted by atomic mass is 16.5. The minimum absolute atomic E-state index is 0.0520. The first-order chi connectivity index (χ1) is 10.7. The molecule has 1 aromatic carbocycles. The summed E-state index contributed by atoms with van der Waals surface area (Å²) in [7, 11) is 1.23. The second kappa shape index (κ2) is 7.53. The molecule has 2 aromatic rings. The van der Waals surface area contributed by atoms with Gasteiger partial charge in [0, 0.05) is 24.2 Å². The Morgan fingerprint density at radius 1 is 1.09 bits per heavy atom. The first kappa shape index (κ1) is 15.2. The van der Waals surface area contributed by atoms with Crippen molar-refractivity contribution in [3.8, 4) is 0 Å². The molecule has 0 radical (unpaired) electrons. The molecular weight excluding hydrogens is 284 g/mol. The van der Waals surface area contributed by atoms with E-state index in [1.165, 1.54) is 13.3 Å². The molecule has 0 atom stereocenters. The molecule has 0 aliphatic rings. The van der Waals surface area contributed by atoms with Crippen LogP contribution in [-0.4, -0.2) is 29.0 Å². The van der Waals surface area contributed by atoms with Crippen LogP contribution in [0.3, 0.4) is 0 Å². The van der Waals surface area contributed by atoms with Crippen molar-refractivity contribution in [2.24, 2.45) is 0 Å². The van der Waals surface area contributed by atoms with Crippen molar-refractivity contribution in [1.29, 1.82) is 0 Å². The van der Waals surface area contributed by atoms with E-state index >= 15 is 0 Å². The fraction of sp³-hybridized carbons (Fsp3) is 0.0667. The quantitative estimate of drug-likeness (QED) is 0.639. The Labute approximate surface area is 127 Å². The summed E-state index contributed by atoms with van der Waals surface area (Å²) in [5.41, 5.74) is 0.372. The summed E-state index contributed by atoms with van der Waals surface area (Å²) in [4.78, 5) is 31.7. The van der Waals surface area contributed by atoms with E-state index in [1.54, 1.807) is 48.8 Å². The summed E-state index contributed by atoms with van der Waals surface area (Å²) in [5, 5.41) is 5.20. The maximum atomic E-state index is 12.1. The third-order valence-corrected chi connectivity index (χ3v) is 2.60. The molecule has 1 heterocycles. The summed E-state index contributed by atoms with van der Waals surface area (Å²) in [6.45, 7) is 0. The number of carbonyl (C=O) groups excluding carboxylic acids is 2. The molecule has 0 saturated heterocycles. The molecule has 0 spiro atoms. The molecular formula is C15H14N4O3. The summed E-state index contributed by atoms with van der Waals surface area (Å²) in [6, 6.07) is 10.2. The average molecular weight is 298 g/mol. The fourth-order valence-corrected chi connectivity index (χ4v) is 1.55. The Kier molecular flexibility index (Phi) is 5.20. The van der Waals surface area contributed by atoms with Gasteiger partial charge in [-0.15, -0.1) is 0 Å². The van der Waals surface area contributed by atoms with Crippen molar-refractivity contribution in [3.63, 3.8) is 0 Å². The highest BCUT2D eigenvalue weighted by molar-refractivity contribution is 6.01. The number of amides is 1. The lowest BCUT2D eigenvalue weighted by atomic mass is 10.2. The number of rotatable bonds is 5. The van der Waals surface area contributed by atoms with Gasteiger partial charge in [0.05, 0.1) is 7.11 Å². The Bertz CT molecular complexity index is 672. The number of hydrogen-bond acceptors (Lipinski definition) is 6. The van der Waals surface area contributed by atoms with Crippen molar-refractivity contribution in [1.82, 2.24) is 15.3 Å². The number of nitrogens with zero attached hydrogens (tertiary/aromatic N) is 2. The van der Waals surface area contributed by atoms with Gasteiger partial charge in [-0.1, -0.05) is 18.2 Å². The van der Waals surface area contributed by atoms with Crippen LogP contribution in [0.4, 0.5) is 5.95 Å². The van der Waals surface area contributed by atoms with E-state index in [9.17, 15) is 9.59 Å². The minimum Gasteiger partial charge on any atom is -0.464 e. The van der Waals surface area contributed by atoms with Gasteiger partial charge < -0.3 is 15.4 Å². The number of benzene rings is 1. The van der Waals surface area contributed by atoms with E-state index in [-0.39, 0.29) is 11.6 Å². The second-order valence-electron chi connectivity index (χ2n) is 4.09. The monoisotopic (exact) mass is 298 g/mol. The number of ether oxygens (including phenoxy) is 1. The van der Waals surface area contributed by atoms with Gasteiger partial charge in [0.25, 0.3) is 5.91 Å². The van der Waals surface area contributed by atoms with Crippen LogP contribution in [-0.2, 0) is 9.53 Å². The first-order valence-electron chi connectivity index (χ1n) is 6.39. The maximum absolute atomic E-state index is 12.1. The highest BCUT2D eigenvalue weighted by Crippen LogP contribution is 2.02. The largest absolute Gasteiger partial charge is 0.464 e. The molecule has 1 amide bonds. The number of esters is 1. The van der Waals surface area contributed by atoms with Gasteiger partial charge in [-0.25, -0.2) is 14.8 Å². The van der Waals surface area contributed by atoms with Gasteiger partial charge in [-0.3, -0.25) is 4.79 Å². The van der Waals surface area contributed by atoms with Crippen LogP contribution in [0.25, 0.3) is 0 Å². The summed E-state index contributed by atoms with van der Waals surface area (Å²) in [5.74, 6) is -0.821. The van der Waals surface area contributed by atoms with Crippen LogP contribution < -0.4 is 10.6 Å². The maximum Gasteiger partial charge on any atom is 0.356 e. The third kappa shape index (κ3) is 4.14. The lowest BCUT2D eigenvalue weighted by Gasteiger charge is -2.08. The fourth-order valence-electron chi connectivity index (χ4n) is 1.55. The molecule has 112 valence electrons. The van der Waals surface area contributed by atoms with Gasteiger partial charge in [0.1, 0.15) is 5.70 Å². The molecule has 0 saturated carbocycles. The zero-order valence-corrected chi connectivity index (χ0v) is 11.8. The first-order valence-corrected chi connectivity index (χ1v) is 6.39. The van der Waals surface area contributed by atoms with Gasteiger partial charge in [-0.2, -0.15) is 0 Å². The minimum atomic E-state index is -0.687. The molecule has 0 aliphatic heterocycles. The summed E-state index contributed by atoms with van der Waals surface area (Å²) < 4.78 is 4.63. The van der Waals surface area contributed by atoms with Gasteiger partial charge in [0.15, 0.2) is 0 Å².